The van der Waals surface area contributed by atoms with Crippen LogP contribution in [0.25, 0.3) is 10.8 Å². The number of nitrogens with one attached hydrogen (secondary N) is 1. The molecule has 0 heterocycles. The van der Waals surface area contributed by atoms with Crippen LogP contribution in [0, 0.1) is 0 Å². The van der Waals surface area contributed by atoms with Crippen LogP contribution in [-0.2, 0) is 10.0 Å². The number of sulfonamides is 1. The summed E-state index contributed by atoms with van der Waals surface area (Å²) < 4.78 is 27.6. The Morgan fingerprint density at radius 2 is 1.79 bits per heavy atom. The zero-order chi connectivity index (χ0) is 13.9. The molecule has 102 valence electrons. The van der Waals surface area contributed by atoms with Crippen LogP contribution in [0.1, 0.15) is 26.7 Å². The van der Waals surface area contributed by atoms with Crippen LogP contribution < -0.4 is 4.72 Å². The molecule has 2 rings (SSSR count). The molecule has 0 fully saturated rings. The SMILES string of the molecule is CCCC(C)NS(=O)(=O)c1cccc2ccccc12. The van der Waals surface area contributed by atoms with Gasteiger partial charge in [0.1, 0.15) is 0 Å². The molecule has 1 unspecified atom stereocenters. The fraction of sp³-hybridized carbons (Fsp3) is 0.333. The molecule has 2 aromatic carbocycles. The van der Waals surface area contributed by atoms with Gasteiger partial charge in [-0.05, 0) is 24.8 Å². The monoisotopic (exact) mass is 277 g/mol. The molecule has 19 heavy (non-hydrogen) atoms. The average molecular weight is 277 g/mol. The fourth-order valence-corrected chi connectivity index (χ4v) is 3.76. The zero-order valence-electron chi connectivity index (χ0n) is 11.3. The molecule has 0 aliphatic heterocycles. The Bertz CT molecular complexity index is 659. The first-order chi connectivity index (χ1) is 9.04. The second kappa shape index (κ2) is 5.72. The summed E-state index contributed by atoms with van der Waals surface area (Å²) >= 11 is 0. The van der Waals surface area contributed by atoms with Gasteiger partial charge in [-0.25, -0.2) is 13.1 Å². The molecule has 0 aromatic heterocycles. The third-order valence-corrected chi connectivity index (χ3v) is 4.76. The molecule has 1 atom stereocenters. The maximum atomic E-state index is 12.4. The highest BCUT2D eigenvalue weighted by Gasteiger charge is 2.19. The number of fused-ring (bicyclic) bond motifs is 1. The van der Waals surface area contributed by atoms with Gasteiger partial charge in [-0.1, -0.05) is 49.7 Å². The van der Waals surface area contributed by atoms with E-state index >= 15 is 0 Å². The molecule has 0 amide bonds. The lowest BCUT2D eigenvalue weighted by molar-refractivity contribution is 0.544. The molecule has 0 aliphatic carbocycles. The van der Waals surface area contributed by atoms with Gasteiger partial charge < -0.3 is 0 Å². The topological polar surface area (TPSA) is 46.2 Å². The van der Waals surface area contributed by atoms with Crippen molar-refractivity contribution >= 4 is 20.8 Å². The van der Waals surface area contributed by atoms with Crippen molar-refractivity contribution in [1.29, 1.82) is 0 Å². The fourth-order valence-electron chi connectivity index (χ4n) is 2.25. The van der Waals surface area contributed by atoms with E-state index in [4.69, 9.17) is 0 Å². The average Bonchev–Trinajstić information content (AvgIpc) is 2.37. The van der Waals surface area contributed by atoms with Crippen molar-refractivity contribution in [1.82, 2.24) is 4.72 Å². The van der Waals surface area contributed by atoms with Crippen LogP contribution in [0.3, 0.4) is 0 Å². The minimum absolute atomic E-state index is 0.0473. The smallest absolute Gasteiger partial charge is 0.208 e. The Kier molecular flexibility index (Phi) is 4.22. The molecule has 2 aromatic rings. The number of rotatable bonds is 5. The number of hydrogen-bond acceptors (Lipinski definition) is 2. The predicted octanol–water partition coefficient (Wildman–Crippen LogP) is 3.31. The van der Waals surface area contributed by atoms with Gasteiger partial charge >= 0.3 is 0 Å². The van der Waals surface area contributed by atoms with E-state index in [9.17, 15) is 8.42 Å². The van der Waals surface area contributed by atoms with Crippen LogP contribution in [0.15, 0.2) is 47.4 Å². The third kappa shape index (κ3) is 3.14. The summed E-state index contributed by atoms with van der Waals surface area (Å²) in [6.45, 7) is 3.94. The zero-order valence-corrected chi connectivity index (χ0v) is 12.1. The van der Waals surface area contributed by atoms with Gasteiger partial charge in [0.2, 0.25) is 10.0 Å². The summed E-state index contributed by atoms with van der Waals surface area (Å²) in [5, 5.41) is 1.70. The minimum Gasteiger partial charge on any atom is -0.208 e. The van der Waals surface area contributed by atoms with E-state index in [2.05, 4.69) is 4.72 Å². The summed E-state index contributed by atoms with van der Waals surface area (Å²) in [7, 11) is -3.46. The Hall–Kier alpha value is -1.39. The van der Waals surface area contributed by atoms with Crippen molar-refractivity contribution in [3.8, 4) is 0 Å². The first-order valence-corrected chi connectivity index (χ1v) is 8.03. The molecule has 3 nitrogen and oxygen atoms in total. The van der Waals surface area contributed by atoms with Crippen molar-refractivity contribution in [3.63, 3.8) is 0 Å². The van der Waals surface area contributed by atoms with Crippen molar-refractivity contribution in [2.45, 2.75) is 37.6 Å². The van der Waals surface area contributed by atoms with E-state index < -0.39 is 10.0 Å². The van der Waals surface area contributed by atoms with E-state index in [1.165, 1.54) is 0 Å². The maximum Gasteiger partial charge on any atom is 0.241 e. The van der Waals surface area contributed by atoms with Crippen LogP contribution in [0.5, 0.6) is 0 Å². The van der Waals surface area contributed by atoms with E-state index in [0.717, 1.165) is 23.6 Å². The van der Waals surface area contributed by atoms with Crippen LogP contribution in [0.2, 0.25) is 0 Å². The van der Waals surface area contributed by atoms with Crippen molar-refractivity contribution in [3.05, 3.63) is 42.5 Å². The van der Waals surface area contributed by atoms with Crippen LogP contribution in [0.4, 0.5) is 0 Å². The van der Waals surface area contributed by atoms with E-state index in [0.29, 0.717) is 4.90 Å². The summed E-state index contributed by atoms with van der Waals surface area (Å²) in [5.41, 5.74) is 0. The van der Waals surface area contributed by atoms with Crippen LogP contribution >= 0.6 is 0 Å². The first kappa shape index (κ1) is 14.0. The number of hydrogen-bond donors (Lipinski definition) is 1. The Balaban J connectivity index is 2.43. The van der Waals surface area contributed by atoms with Crippen molar-refractivity contribution in [2.24, 2.45) is 0 Å². The van der Waals surface area contributed by atoms with Gasteiger partial charge in [0, 0.05) is 11.4 Å². The summed E-state index contributed by atoms with van der Waals surface area (Å²) in [6.07, 6.45) is 1.79. The van der Waals surface area contributed by atoms with Crippen molar-refractivity contribution in [2.75, 3.05) is 0 Å². The minimum atomic E-state index is -3.46. The second-order valence-electron chi connectivity index (χ2n) is 4.79. The normalized spacial score (nSPS) is 13.6. The highest BCUT2D eigenvalue weighted by molar-refractivity contribution is 7.89. The van der Waals surface area contributed by atoms with E-state index in [1.54, 1.807) is 12.1 Å². The molecule has 0 saturated carbocycles. The Morgan fingerprint density at radius 1 is 1.11 bits per heavy atom. The molecule has 0 bridgehead atoms. The summed E-state index contributed by atoms with van der Waals surface area (Å²) in [6, 6.07) is 12.8. The highest BCUT2D eigenvalue weighted by Crippen LogP contribution is 2.22. The molecule has 1 N–H and O–H groups in total. The molecular weight excluding hydrogens is 258 g/mol. The molecular formula is C15H19NO2S. The van der Waals surface area contributed by atoms with Crippen LogP contribution in [-0.4, -0.2) is 14.5 Å². The Labute approximate surface area is 114 Å². The molecule has 0 aliphatic rings. The van der Waals surface area contributed by atoms with Gasteiger partial charge in [-0.2, -0.15) is 0 Å². The van der Waals surface area contributed by atoms with Gasteiger partial charge in [-0.15, -0.1) is 0 Å². The lowest BCUT2D eigenvalue weighted by atomic mass is 10.1. The van der Waals surface area contributed by atoms with Crippen molar-refractivity contribution < 1.29 is 8.42 Å². The van der Waals surface area contributed by atoms with E-state index in [-0.39, 0.29) is 6.04 Å². The van der Waals surface area contributed by atoms with Gasteiger partial charge in [0.25, 0.3) is 0 Å². The molecule has 4 heteroatoms. The quantitative estimate of drug-likeness (QED) is 0.911. The summed E-state index contributed by atoms with van der Waals surface area (Å²) in [5.74, 6) is 0. The lowest BCUT2D eigenvalue weighted by Gasteiger charge is -2.14. The first-order valence-electron chi connectivity index (χ1n) is 6.54. The largest absolute Gasteiger partial charge is 0.241 e. The van der Waals surface area contributed by atoms with E-state index in [1.807, 2.05) is 44.2 Å². The third-order valence-electron chi connectivity index (χ3n) is 3.12. The van der Waals surface area contributed by atoms with Gasteiger partial charge in [-0.3, -0.25) is 0 Å². The standard InChI is InChI=1S/C15H19NO2S/c1-3-7-12(2)16-19(17,18)15-11-6-9-13-8-4-5-10-14(13)15/h4-6,8-12,16H,3,7H2,1-2H3. The Morgan fingerprint density at radius 3 is 2.53 bits per heavy atom. The van der Waals surface area contributed by atoms with Gasteiger partial charge in [0.05, 0.1) is 4.90 Å². The predicted molar refractivity (Wildman–Crippen MR) is 78.6 cm³/mol. The van der Waals surface area contributed by atoms with Gasteiger partial charge in [0.15, 0.2) is 0 Å². The molecule has 0 radical (unpaired) electrons. The highest BCUT2D eigenvalue weighted by atomic mass is 32.2. The summed E-state index contributed by atoms with van der Waals surface area (Å²) in [4.78, 5) is 0.355. The molecule has 0 spiro atoms. The lowest BCUT2D eigenvalue weighted by Crippen LogP contribution is -2.32. The second-order valence-corrected chi connectivity index (χ2v) is 6.47. The maximum absolute atomic E-state index is 12.4. The molecule has 0 saturated heterocycles. The number of benzene rings is 2.